The Bertz CT molecular complexity index is 490. The van der Waals surface area contributed by atoms with Crippen LogP contribution in [0.4, 0.5) is 12.9 Å². The third-order valence-electron chi connectivity index (χ3n) is 4.77. The number of hydrogen-bond donors (Lipinski definition) is 0. The summed E-state index contributed by atoms with van der Waals surface area (Å²) in [5, 5.41) is -1.31. The predicted molar refractivity (Wildman–Crippen MR) is 65.0 cm³/mol. The zero-order valence-corrected chi connectivity index (χ0v) is 10.5. The monoisotopic (exact) mass is 255 g/mol. The molecule has 3 fully saturated rings. The Hall–Kier alpha value is -1.13. The van der Waals surface area contributed by atoms with Crippen LogP contribution in [0, 0.1) is 6.92 Å². The van der Waals surface area contributed by atoms with Crippen LogP contribution in [-0.4, -0.2) is 14.1 Å². The molecule has 1 aromatic carbocycles. The lowest BCUT2D eigenvalue weighted by Crippen LogP contribution is -2.67. The highest BCUT2D eigenvalue weighted by Crippen LogP contribution is 2.82. The summed E-state index contributed by atoms with van der Waals surface area (Å²) in [5.41, 5.74) is 1.91. The average Bonchev–Trinajstić information content (AvgIpc) is 2.14. The topological polar surface area (TPSA) is 9.23 Å². The number of rotatable bonds is 3. The number of benzene rings is 1. The van der Waals surface area contributed by atoms with Crippen LogP contribution < -0.4 is 4.74 Å². The van der Waals surface area contributed by atoms with Crippen LogP contribution in [0.5, 0.6) is 5.75 Å². The van der Waals surface area contributed by atoms with E-state index in [-0.39, 0.29) is 24.7 Å². The fourth-order valence-electron chi connectivity index (χ4n) is 3.86. The van der Waals surface area contributed by atoms with Crippen molar-refractivity contribution in [3.8, 4) is 5.75 Å². The lowest BCUT2D eigenvalue weighted by molar-refractivity contribution is -0.0405. The van der Waals surface area contributed by atoms with Crippen LogP contribution in [0.25, 0.3) is 0 Å². The highest BCUT2D eigenvalue weighted by molar-refractivity contribution is 6.63. The van der Waals surface area contributed by atoms with Crippen LogP contribution in [-0.2, 0) is 5.41 Å². The third-order valence-corrected chi connectivity index (χ3v) is 4.77. The first kappa shape index (κ1) is 11.9. The first-order valence-electron chi connectivity index (χ1n) is 6.17. The van der Waals surface area contributed by atoms with Gasteiger partial charge in [0, 0.05) is 0 Å². The molecule has 0 atom stereocenters. The van der Waals surface area contributed by atoms with E-state index in [1.165, 1.54) is 0 Å². The van der Waals surface area contributed by atoms with Gasteiger partial charge < -0.3 is 17.7 Å². The van der Waals surface area contributed by atoms with E-state index in [0.717, 1.165) is 16.9 Å². The van der Waals surface area contributed by atoms with Gasteiger partial charge in [0.2, 0.25) is 0 Å². The van der Waals surface area contributed by atoms with Crippen molar-refractivity contribution in [3.05, 3.63) is 29.3 Å². The third kappa shape index (κ3) is 1.30. The molecular weight excluding hydrogens is 240 g/mol. The zero-order chi connectivity index (χ0) is 13.2. The van der Waals surface area contributed by atoms with Gasteiger partial charge in [-0.15, -0.1) is 0 Å². The number of hydrogen-bond acceptors (Lipinski definition) is 1. The number of ether oxygens (including phenoxy) is 1. The summed E-state index contributed by atoms with van der Waals surface area (Å²) in [5.74, 6) is 0.762. The molecule has 0 N–H and O–H groups in total. The van der Waals surface area contributed by atoms with Crippen molar-refractivity contribution < 1.29 is 17.7 Å². The fraction of sp³-hybridized carbons (Fsp3) is 0.538. The first-order chi connectivity index (χ1) is 8.32. The van der Waals surface area contributed by atoms with Crippen molar-refractivity contribution in [2.24, 2.45) is 0 Å². The summed E-state index contributed by atoms with van der Waals surface area (Å²) in [6.07, 6.45) is 0.865. The Morgan fingerprint density at radius 3 is 2.22 bits per heavy atom. The summed E-state index contributed by atoms with van der Waals surface area (Å²) < 4.78 is 43.7. The molecule has 1 nitrogen and oxygen atoms in total. The van der Waals surface area contributed by atoms with Gasteiger partial charge in [0.25, 0.3) is 0 Å². The van der Waals surface area contributed by atoms with Crippen LogP contribution >= 0.6 is 0 Å². The molecule has 0 aliphatic heterocycles. The van der Waals surface area contributed by atoms with E-state index < -0.39 is 12.3 Å². The normalized spacial score (nSPS) is 33.6. The Balaban J connectivity index is 1.85. The smallest absolute Gasteiger partial charge is 0.484 e. The summed E-state index contributed by atoms with van der Waals surface area (Å²) in [4.78, 5) is 0. The second kappa shape index (κ2) is 3.25. The SMILES string of the molecule is COc1ccc(C23CC([B-](F)(F)F)(C2)C3)c(C)c1. The van der Waals surface area contributed by atoms with Crippen molar-refractivity contribution in [1.29, 1.82) is 0 Å². The van der Waals surface area contributed by atoms with Gasteiger partial charge in [-0.25, -0.2) is 0 Å². The van der Waals surface area contributed by atoms with Gasteiger partial charge >= 0.3 is 6.98 Å². The molecule has 0 aromatic heterocycles. The molecule has 0 heterocycles. The van der Waals surface area contributed by atoms with Gasteiger partial charge in [0.1, 0.15) is 5.75 Å². The van der Waals surface area contributed by atoms with Gasteiger partial charge in [-0.05, 0) is 35.6 Å². The molecule has 0 saturated heterocycles. The molecule has 0 amide bonds. The maximum Gasteiger partial charge on any atom is 0.484 e. The first-order valence-corrected chi connectivity index (χ1v) is 6.17. The van der Waals surface area contributed by atoms with Crippen molar-refractivity contribution >= 4 is 6.98 Å². The molecule has 0 spiro atoms. The Kier molecular flexibility index (Phi) is 2.16. The molecule has 0 radical (unpaired) electrons. The highest BCUT2D eigenvalue weighted by atomic mass is 19.4. The quantitative estimate of drug-likeness (QED) is 0.741. The van der Waals surface area contributed by atoms with E-state index in [4.69, 9.17) is 4.74 Å². The fourth-order valence-corrected chi connectivity index (χ4v) is 3.86. The van der Waals surface area contributed by atoms with E-state index >= 15 is 0 Å². The second-order valence-corrected chi connectivity index (χ2v) is 5.93. The van der Waals surface area contributed by atoms with Gasteiger partial charge in [0.05, 0.1) is 7.11 Å². The van der Waals surface area contributed by atoms with Crippen LogP contribution in [0.3, 0.4) is 0 Å². The van der Waals surface area contributed by atoms with Gasteiger partial charge in [-0.3, -0.25) is 0 Å². The summed E-state index contributed by atoms with van der Waals surface area (Å²) >= 11 is 0. The zero-order valence-electron chi connectivity index (χ0n) is 10.5. The van der Waals surface area contributed by atoms with Crippen LogP contribution in [0.2, 0.25) is 5.31 Å². The molecule has 4 rings (SSSR count). The molecule has 0 unspecified atom stereocenters. The minimum Gasteiger partial charge on any atom is -0.497 e. The van der Waals surface area contributed by atoms with E-state index in [1.807, 2.05) is 25.1 Å². The highest BCUT2D eigenvalue weighted by Gasteiger charge is 2.74. The molecule has 98 valence electrons. The summed E-state index contributed by atoms with van der Waals surface area (Å²) in [7, 11) is 1.59. The Morgan fingerprint density at radius 1 is 1.17 bits per heavy atom. The Morgan fingerprint density at radius 2 is 1.78 bits per heavy atom. The summed E-state index contributed by atoms with van der Waals surface area (Å²) in [6.45, 7) is -2.73. The van der Waals surface area contributed by atoms with Crippen molar-refractivity contribution in [3.63, 3.8) is 0 Å². The molecule has 1 aromatic rings. The van der Waals surface area contributed by atoms with E-state index in [9.17, 15) is 12.9 Å². The van der Waals surface area contributed by atoms with Gasteiger partial charge in [0.15, 0.2) is 0 Å². The van der Waals surface area contributed by atoms with E-state index in [0.29, 0.717) is 0 Å². The lowest BCUT2D eigenvalue weighted by Gasteiger charge is -2.75. The minimum absolute atomic E-state index is 0.201. The minimum atomic E-state index is -4.68. The number of aryl methyl sites for hydroxylation is 1. The maximum atomic E-state index is 12.9. The summed E-state index contributed by atoms with van der Waals surface area (Å²) in [6, 6.07) is 5.68. The van der Waals surface area contributed by atoms with Crippen molar-refractivity contribution in [1.82, 2.24) is 0 Å². The van der Waals surface area contributed by atoms with Gasteiger partial charge in [-0.1, -0.05) is 30.6 Å². The average molecular weight is 255 g/mol. The van der Waals surface area contributed by atoms with E-state index in [1.54, 1.807) is 7.11 Å². The molecular formula is C13H15BF3O-. The molecule has 3 aliphatic rings. The molecule has 5 heteroatoms. The van der Waals surface area contributed by atoms with Crippen LogP contribution in [0.1, 0.15) is 30.4 Å². The second-order valence-electron chi connectivity index (χ2n) is 5.93. The Labute approximate surface area is 104 Å². The van der Waals surface area contributed by atoms with Crippen LogP contribution in [0.15, 0.2) is 18.2 Å². The predicted octanol–water partition coefficient (Wildman–Crippen LogP) is 4.03. The lowest BCUT2D eigenvalue weighted by atomic mass is 9.23. The standard InChI is InChI=1S/C13H15BF3O/c1-9-5-10(18-2)3-4-11(9)12-6-13(7-12,8-12)14(15,16)17/h3-5H,6-8H2,1-2H3/q-1. The van der Waals surface area contributed by atoms with Crippen molar-refractivity contribution in [2.45, 2.75) is 36.9 Å². The number of methoxy groups -OCH3 is 1. The number of halogens is 3. The molecule has 2 bridgehead atoms. The largest absolute Gasteiger partial charge is 0.497 e. The van der Waals surface area contributed by atoms with E-state index in [2.05, 4.69) is 0 Å². The molecule has 3 saturated carbocycles. The van der Waals surface area contributed by atoms with Gasteiger partial charge in [-0.2, -0.15) is 0 Å². The van der Waals surface area contributed by atoms with Crippen molar-refractivity contribution in [2.75, 3.05) is 7.11 Å². The molecule has 3 aliphatic carbocycles. The maximum absolute atomic E-state index is 12.9. The molecule has 18 heavy (non-hydrogen) atoms.